The summed E-state index contributed by atoms with van der Waals surface area (Å²) in [6, 6.07) is -0.979. The number of aliphatic hydroxyl groups is 1. The molecule has 1 atom stereocenters. The van der Waals surface area contributed by atoms with Crippen molar-refractivity contribution in [2.24, 2.45) is 0 Å². The van der Waals surface area contributed by atoms with Gasteiger partial charge in [-0.3, -0.25) is 0 Å². The smallest absolute Gasteiger partial charge is 0.395 e. The Morgan fingerprint density at radius 1 is 1.12 bits per heavy atom. The molecule has 0 aliphatic rings. The predicted octanol–water partition coefficient (Wildman–Crippen LogP) is 1.08. The molecule has 0 saturated carbocycles. The number of hydrogen-bond acceptors (Lipinski definition) is 3. The fourth-order valence-electron chi connectivity index (χ4n) is 0.814. The van der Waals surface area contributed by atoms with Crippen LogP contribution in [-0.2, 0) is 4.74 Å². The van der Waals surface area contributed by atoms with Crippen molar-refractivity contribution in [3.63, 3.8) is 0 Å². The third-order valence-electron chi connectivity index (χ3n) is 1.69. The van der Waals surface area contributed by atoms with Gasteiger partial charge in [-0.2, -0.15) is 26.3 Å². The standard InChI is InChI=1S/C7H11F6NO2/c1-14-4(2-15)3-16-5(6(8,9)10)7(11,12)13/h4-5,14-15H,2-3H2,1H3. The van der Waals surface area contributed by atoms with Crippen LogP contribution >= 0.6 is 0 Å². The normalized spacial score (nSPS) is 15.6. The number of nitrogens with one attached hydrogen (secondary N) is 1. The van der Waals surface area contributed by atoms with Crippen LogP contribution in [0.25, 0.3) is 0 Å². The van der Waals surface area contributed by atoms with Gasteiger partial charge < -0.3 is 15.2 Å². The van der Waals surface area contributed by atoms with E-state index in [1.54, 1.807) is 0 Å². The molecule has 1 unspecified atom stereocenters. The fourth-order valence-corrected chi connectivity index (χ4v) is 0.814. The maximum atomic E-state index is 11.9. The Balaban J connectivity index is 4.47. The Morgan fingerprint density at radius 3 is 1.81 bits per heavy atom. The van der Waals surface area contributed by atoms with Gasteiger partial charge in [0.2, 0.25) is 6.10 Å². The first kappa shape index (κ1) is 15.5. The van der Waals surface area contributed by atoms with Crippen LogP contribution in [-0.4, -0.2) is 49.9 Å². The van der Waals surface area contributed by atoms with Gasteiger partial charge in [-0.25, -0.2) is 0 Å². The molecule has 0 aliphatic heterocycles. The summed E-state index contributed by atoms with van der Waals surface area (Å²) in [7, 11) is 1.28. The lowest BCUT2D eigenvalue weighted by molar-refractivity contribution is -0.322. The molecule has 3 nitrogen and oxygen atoms in total. The number of halogens is 6. The first-order chi connectivity index (χ1) is 7.12. The number of likely N-dealkylation sites (N-methyl/N-ethyl adjacent to an activating group) is 1. The summed E-state index contributed by atoms with van der Waals surface area (Å²) in [6.45, 7) is -1.52. The molecule has 0 aromatic carbocycles. The van der Waals surface area contributed by atoms with Crippen LogP contribution in [0.4, 0.5) is 26.3 Å². The van der Waals surface area contributed by atoms with E-state index >= 15 is 0 Å². The van der Waals surface area contributed by atoms with Gasteiger partial charge in [-0.15, -0.1) is 0 Å². The lowest BCUT2D eigenvalue weighted by Gasteiger charge is -2.24. The van der Waals surface area contributed by atoms with E-state index < -0.39 is 37.7 Å². The molecule has 0 amide bonds. The highest BCUT2D eigenvalue weighted by molar-refractivity contribution is 4.77. The summed E-state index contributed by atoms with van der Waals surface area (Å²) in [5.74, 6) is 0. The fraction of sp³-hybridized carbons (Fsp3) is 1.00. The lowest BCUT2D eigenvalue weighted by Crippen LogP contribution is -2.47. The average molecular weight is 255 g/mol. The van der Waals surface area contributed by atoms with Gasteiger partial charge in [0.15, 0.2) is 0 Å². The first-order valence-electron chi connectivity index (χ1n) is 4.16. The Morgan fingerprint density at radius 2 is 1.56 bits per heavy atom. The second-order valence-corrected chi connectivity index (χ2v) is 2.96. The van der Waals surface area contributed by atoms with Crippen molar-refractivity contribution in [1.82, 2.24) is 5.32 Å². The molecule has 0 radical (unpaired) electrons. The quantitative estimate of drug-likeness (QED) is 0.722. The van der Waals surface area contributed by atoms with Crippen molar-refractivity contribution in [3.8, 4) is 0 Å². The van der Waals surface area contributed by atoms with E-state index in [1.807, 2.05) is 0 Å². The summed E-state index contributed by atoms with van der Waals surface area (Å²) in [6.07, 6.45) is -14.9. The van der Waals surface area contributed by atoms with E-state index in [2.05, 4.69) is 10.1 Å². The van der Waals surface area contributed by atoms with Crippen molar-refractivity contribution in [2.75, 3.05) is 20.3 Å². The molecule has 16 heavy (non-hydrogen) atoms. The van der Waals surface area contributed by atoms with Crippen molar-refractivity contribution < 1.29 is 36.2 Å². The molecule has 0 aromatic rings. The molecule has 0 heterocycles. The molecule has 0 aromatic heterocycles. The van der Waals surface area contributed by atoms with Crippen LogP contribution < -0.4 is 5.32 Å². The van der Waals surface area contributed by atoms with Crippen LogP contribution in [0, 0.1) is 0 Å². The van der Waals surface area contributed by atoms with Crippen molar-refractivity contribution in [3.05, 3.63) is 0 Å². The van der Waals surface area contributed by atoms with Gasteiger partial charge in [0.1, 0.15) is 0 Å². The predicted molar refractivity (Wildman–Crippen MR) is 41.8 cm³/mol. The summed E-state index contributed by atoms with van der Waals surface area (Å²) in [5, 5.41) is 10.8. The number of aliphatic hydroxyl groups excluding tert-OH is 1. The second-order valence-electron chi connectivity index (χ2n) is 2.96. The topological polar surface area (TPSA) is 41.5 Å². The second kappa shape index (κ2) is 5.69. The van der Waals surface area contributed by atoms with Crippen molar-refractivity contribution in [1.29, 1.82) is 0 Å². The molecule has 0 saturated heterocycles. The molecule has 98 valence electrons. The first-order valence-corrected chi connectivity index (χ1v) is 4.16. The zero-order valence-electron chi connectivity index (χ0n) is 8.19. The van der Waals surface area contributed by atoms with E-state index in [1.165, 1.54) is 7.05 Å². The van der Waals surface area contributed by atoms with Crippen molar-refractivity contribution >= 4 is 0 Å². The summed E-state index contributed by atoms with van der Waals surface area (Å²) in [5.41, 5.74) is 0. The molecule has 0 spiro atoms. The molecule has 0 fully saturated rings. The van der Waals surface area contributed by atoms with Crippen LogP contribution in [0.1, 0.15) is 0 Å². The molecule has 0 rings (SSSR count). The third kappa shape index (κ3) is 4.99. The number of rotatable bonds is 5. The molecular weight excluding hydrogens is 244 g/mol. The SMILES string of the molecule is CNC(CO)COC(C(F)(F)F)C(F)(F)F. The lowest BCUT2D eigenvalue weighted by atomic mass is 10.3. The van der Waals surface area contributed by atoms with Gasteiger partial charge >= 0.3 is 12.4 Å². The van der Waals surface area contributed by atoms with E-state index in [4.69, 9.17) is 5.11 Å². The van der Waals surface area contributed by atoms with E-state index in [-0.39, 0.29) is 0 Å². The van der Waals surface area contributed by atoms with Crippen LogP contribution in [0.2, 0.25) is 0 Å². The highest BCUT2D eigenvalue weighted by Gasteiger charge is 2.58. The molecular formula is C7H11F6NO2. The maximum absolute atomic E-state index is 11.9. The summed E-state index contributed by atoms with van der Waals surface area (Å²) in [4.78, 5) is 0. The third-order valence-corrected chi connectivity index (χ3v) is 1.69. The zero-order valence-corrected chi connectivity index (χ0v) is 8.19. The molecule has 2 N–H and O–H groups in total. The van der Waals surface area contributed by atoms with Gasteiger partial charge in [0.05, 0.1) is 19.3 Å². The van der Waals surface area contributed by atoms with Gasteiger partial charge in [0.25, 0.3) is 0 Å². The summed E-state index contributed by atoms with van der Waals surface area (Å²) >= 11 is 0. The van der Waals surface area contributed by atoms with Gasteiger partial charge in [-0.1, -0.05) is 0 Å². The maximum Gasteiger partial charge on any atom is 0.423 e. The summed E-state index contributed by atoms with van der Waals surface area (Å²) < 4.78 is 75.4. The Bertz CT molecular complexity index is 186. The number of ether oxygens (including phenoxy) is 1. The largest absolute Gasteiger partial charge is 0.423 e. The Labute approximate surface area is 87.4 Å². The monoisotopic (exact) mass is 255 g/mol. The van der Waals surface area contributed by atoms with E-state index in [0.717, 1.165) is 0 Å². The molecule has 0 bridgehead atoms. The Hall–Kier alpha value is -0.540. The van der Waals surface area contributed by atoms with Gasteiger partial charge in [-0.05, 0) is 7.05 Å². The molecule has 0 aliphatic carbocycles. The highest BCUT2D eigenvalue weighted by atomic mass is 19.4. The number of alkyl halides is 6. The minimum Gasteiger partial charge on any atom is -0.395 e. The Kier molecular flexibility index (Phi) is 5.50. The highest BCUT2D eigenvalue weighted by Crippen LogP contribution is 2.35. The van der Waals surface area contributed by atoms with Crippen LogP contribution in [0.3, 0.4) is 0 Å². The zero-order chi connectivity index (χ0) is 13.0. The van der Waals surface area contributed by atoms with Gasteiger partial charge in [0, 0.05) is 0 Å². The van der Waals surface area contributed by atoms with Crippen LogP contribution in [0.15, 0.2) is 0 Å². The molecule has 9 heteroatoms. The minimum absolute atomic E-state index is 0.626. The van der Waals surface area contributed by atoms with Crippen LogP contribution in [0.5, 0.6) is 0 Å². The van der Waals surface area contributed by atoms with Crippen molar-refractivity contribution in [2.45, 2.75) is 24.5 Å². The van der Waals surface area contributed by atoms with E-state index in [0.29, 0.717) is 0 Å². The minimum atomic E-state index is -5.52. The van der Waals surface area contributed by atoms with E-state index in [9.17, 15) is 26.3 Å². The average Bonchev–Trinajstić information content (AvgIpc) is 2.08. The number of hydrogen-bond donors (Lipinski definition) is 2.